The largest absolute Gasteiger partial charge is 0.511 e. The van der Waals surface area contributed by atoms with E-state index in [0.29, 0.717) is 18.6 Å². The molecular weight excluding hydrogens is 208 g/mol. The number of benzene rings is 1. The van der Waals surface area contributed by atoms with Gasteiger partial charge in [0.25, 0.3) is 0 Å². The van der Waals surface area contributed by atoms with Gasteiger partial charge in [0.05, 0.1) is 6.61 Å². The number of rotatable bonds is 5. The van der Waals surface area contributed by atoms with Gasteiger partial charge in [-0.3, -0.25) is 0 Å². The molecule has 0 amide bonds. The van der Waals surface area contributed by atoms with Crippen molar-refractivity contribution in [3.8, 4) is 5.75 Å². The number of para-hydroxylation sites is 1. The molecule has 0 heterocycles. The van der Waals surface area contributed by atoms with Gasteiger partial charge in [0.1, 0.15) is 12.0 Å². The van der Waals surface area contributed by atoms with Crippen molar-refractivity contribution >= 4 is 5.97 Å². The number of carbonyl (C=O) groups is 1. The molecule has 86 valence electrons. The van der Waals surface area contributed by atoms with Crippen molar-refractivity contribution in [2.75, 3.05) is 6.61 Å². The molecule has 1 aromatic rings. The fourth-order valence-corrected chi connectivity index (χ4v) is 1.00. The molecule has 4 heteroatoms. The number of hydrogen-bond acceptors (Lipinski definition) is 4. The second-order valence-electron chi connectivity index (χ2n) is 3.04. The molecular formula is C12H14O4. The average Bonchev–Trinajstić information content (AvgIpc) is 2.34. The Balaban J connectivity index is 2.60. The van der Waals surface area contributed by atoms with Crippen LogP contribution >= 0.6 is 0 Å². The minimum absolute atomic E-state index is 0.223. The normalized spacial score (nSPS) is 10.9. The fraction of sp³-hybridized carbons (Fsp3) is 0.250. The SMILES string of the molecule is CCCOC(=O)/C(=C\O)Oc1ccccc1. The molecule has 0 aliphatic heterocycles. The van der Waals surface area contributed by atoms with Crippen LogP contribution in [0.5, 0.6) is 5.75 Å². The van der Waals surface area contributed by atoms with Crippen LogP contribution in [0.1, 0.15) is 13.3 Å². The highest BCUT2D eigenvalue weighted by atomic mass is 16.6. The summed E-state index contributed by atoms with van der Waals surface area (Å²) in [5, 5.41) is 8.87. The molecule has 0 unspecified atom stereocenters. The molecule has 0 aliphatic rings. The van der Waals surface area contributed by atoms with Gasteiger partial charge in [-0.15, -0.1) is 0 Å². The molecule has 1 aromatic carbocycles. The summed E-state index contributed by atoms with van der Waals surface area (Å²) < 4.78 is 9.98. The molecule has 1 rings (SSSR count). The van der Waals surface area contributed by atoms with E-state index in [1.807, 2.05) is 13.0 Å². The monoisotopic (exact) mass is 222 g/mol. The Morgan fingerprint density at radius 3 is 2.62 bits per heavy atom. The standard InChI is InChI=1S/C12H14O4/c1-2-8-15-12(14)11(9-13)16-10-6-4-3-5-7-10/h3-7,9,13H,2,8H2,1H3/b11-9+. The number of carbonyl (C=O) groups excluding carboxylic acids is 1. The number of hydrogen-bond donors (Lipinski definition) is 1. The summed E-state index contributed by atoms with van der Waals surface area (Å²) >= 11 is 0. The maximum absolute atomic E-state index is 11.4. The number of aliphatic hydroxyl groups is 1. The Hall–Kier alpha value is -1.97. The molecule has 0 aliphatic carbocycles. The van der Waals surface area contributed by atoms with E-state index in [2.05, 4.69) is 0 Å². The van der Waals surface area contributed by atoms with Gasteiger partial charge in [0.2, 0.25) is 5.76 Å². The van der Waals surface area contributed by atoms with Crippen molar-refractivity contribution in [1.82, 2.24) is 0 Å². The summed E-state index contributed by atoms with van der Waals surface area (Å²) in [4.78, 5) is 11.4. The molecule has 1 N–H and O–H groups in total. The molecule has 0 bridgehead atoms. The third-order valence-electron chi connectivity index (χ3n) is 1.73. The van der Waals surface area contributed by atoms with Crippen LogP contribution in [-0.2, 0) is 9.53 Å². The van der Waals surface area contributed by atoms with Gasteiger partial charge in [-0.25, -0.2) is 4.79 Å². The number of aliphatic hydroxyl groups excluding tert-OH is 1. The van der Waals surface area contributed by atoms with Gasteiger partial charge in [0.15, 0.2) is 0 Å². The van der Waals surface area contributed by atoms with E-state index in [9.17, 15) is 4.79 Å². The first-order chi connectivity index (χ1) is 7.77. The Bertz CT molecular complexity index is 357. The van der Waals surface area contributed by atoms with Crippen molar-refractivity contribution in [3.63, 3.8) is 0 Å². The van der Waals surface area contributed by atoms with Crippen LogP contribution in [0.3, 0.4) is 0 Å². The molecule has 4 nitrogen and oxygen atoms in total. The van der Waals surface area contributed by atoms with E-state index >= 15 is 0 Å². The summed E-state index contributed by atoms with van der Waals surface area (Å²) in [5.41, 5.74) is 0. The molecule has 0 saturated carbocycles. The maximum atomic E-state index is 11.4. The lowest BCUT2D eigenvalue weighted by Gasteiger charge is -2.07. The van der Waals surface area contributed by atoms with E-state index in [0.717, 1.165) is 6.42 Å². The van der Waals surface area contributed by atoms with Gasteiger partial charge < -0.3 is 14.6 Å². The molecule has 0 aromatic heterocycles. The second-order valence-corrected chi connectivity index (χ2v) is 3.04. The van der Waals surface area contributed by atoms with Gasteiger partial charge in [-0.05, 0) is 18.6 Å². The molecule has 0 spiro atoms. The van der Waals surface area contributed by atoms with E-state index in [1.165, 1.54) is 0 Å². The molecule has 16 heavy (non-hydrogen) atoms. The second kappa shape index (κ2) is 6.50. The van der Waals surface area contributed by atoms with Crippen LogP contribution in [0.15, 0.2) is 42.4 Å². The van der Waals surface area contributed by atoms with Crippen molar-refractivity contribution in [3.05, 3.63) is 42.4 Å². The van der Waals surface area contributed by atoms with Crippen LogP contribution in [0.4, 0.5) is 0 Å². The molecule has 0 atom stereocenters. The summed E-state index contributed by atoms with van der Waals surface area (Å²) in [7, 11) is 0. The number of ether oxygens (including phenoxy) is 2. The lowest BCUT2D eigenvalue weighted by Crippen LogP contribution is -2.13. The van der Waals surface area contributed by atoms with Crippen molar-refractivity contribution in [2.24, 2.45) is 0 Å². The van der Waals surface area contributed by atoms with Crippen molar-refractivity contribution in [1.29, 1.82) is 0 Å². The summed E-state index contributed by atoms with van der Waals surface area (Å²) in [6.45, 7) is 2.18. The summed E-state index contributed by atoms with van der Waals surface area (Å²) in [6.07, 6.45) is 1.32. The zero-order valence-electron chi connectivity index (χ0n) is 9.05. The lowest BCUT2D eigenvalue weighted by atomic mass is 10.3. The lowest BCUT2D eigenvalue weighted by molar-refractivity contribution is -0.141. The average molecular weight is 222 g/mol. The Morgan fingerprint density at radius 2 is 2.06 bits per heavy atom. The zero-order chi connectivity index (χ0) is 11.8. The van der Waals surface area contributed by atoms with E-state index < -0.39 is 5.97 Å². The van der Waals surface area contributed by atoms with Crippen LogP contribution in [0.25, 0.3) is 0 Å². The third-order valence-corrected chi connectivity index (χ3v) is 1.73. The highest BCUT2D eigenvalue weighted by Gasteiger charge is 2.13. The van der Waals surface area contributed by atoms with Crippen LogP contribution in [0.2, 0.25) is 0 Å². The number of esters is 1. The highest BCUT2D eigenvalue weighted by molar-refractivity contribution is 5.86. The van der Waals surface area contributed by atoms with E-state index in [-0.39, 0.29) is 5.76 Å². The smallest absolute Gasteiger partial charge is 0.377 e. The summed E-state index contributed by atoms with van der Waals surface area (Å²) in [6, 6.07) is 8.71. The first kappa shape index (κ1) is 12.1. The van der Waals surface area contributed by atoms with E-state index in [4.69, 9.17) is 14.6 Å². The fourth-order valence-electron chi connectivity index (χ4n) is 1.00. The van der Waals surface area contributed by atoms with Crippen molar-refractivity contribution in [2.45, 2.75) is 13.3 Å². The van der Waals surface area contributed by atoms with E-state index in [1.54, 1.807) is 24.3 Å². The topological polar surface area (TPSA) is 55.8 Å². The predicted octanol–water partition coefficient (Wildman–Crippen LogP) is 2.42. The predicted molar refractivity (Wildman–Crippen MR) is 59.0 cm³/mol. The van der Waals surface area contributed by atoms with Crippen LogP contribution in [-0.4, -0.2) is 17.7 Å². The first-order valence-electron chi connectivity index (χ1n) is 5.02. The van der Waals surface area contributed by atoms with Gasteiger partial charge >= 0.3 is 5.97 Å². The molecule has 0 saturated heterocycles. The molecule has 0 fully saturated rings. The maximum Gasteiger partial charge on any atom is 0.377 e. The quantitative estimate of drug-likeness (QED) is 0.472. The van der Waals surface area contributed by atoms with Gasteiger partial charge in [-0.2, -0.15) is 0 Å². The van der Waals surface area contributed by atoms with Crippen molar-refractivity contribution < 1.29 is 19.4 Å². The third kappa shape index (κ3) is 3.65. The Kier molecular flexibility index (Phi) is 4.92. The zero-order valence-corrected chi connectivity index (χ0v) is 9.05. The Labute approximate surface area is 94.1 Å². The Morgan fingerprint density at radius 1 is 1.38 bits per heavy atom. The van der Waals surface area contributed by atoms with Crippen LogP contribution < -0.4 is 4.74 Å². The first-order valence-corrected chi connectivity index (χ1v) is 5.02. The minimum atomic E-state index is -0.673. The molecule has 0 radical (unpaired) electrons. The van der Waals surface area contributed by atoms with Gasteiger partial charge in [0, 0.05) is 0 Å². The minimum Gasteiger partial charge on any atom is -0.511 e. The van der Waals surface area contributed by atoms with Crippen LogP contribution in [0, 0.1) is 0 Å². The highest BCUT2D eigenvalue weighted by Crippen LogP contribution is 2.13. The summed E-state index contributed by atoms with van der Waals surface area (Å²) in [5.74, 6) is -0.427. The van der Waals surface area contributed by atoms with Gasteiger partial charge in [-0.1, -0.05) is 25.1 Å².